The first-order valence-corrected chi connectivity index (χ1v) is 7.13. The van der Waals surface area contributed by atoms with Crippen LogP contribution in [-0.4, -0.2) is 48.9 Å². The van der Waals surface area contributed by atoms with E-state index in [1.165, 1.54) is 38.5 Å². The molecule has 0 N–H and O–H groups in total. The van der Waals surface area contributed by atoms with Crippen LogP contribution in [0, 0.1) is 5.92 Å². The maximum absolute atomic E-state index is 12.1. The van der Waals surface area contributed by atoms with Crippen LogP contribution in [0.4, 0.5) is 0 Å². The third kappa shape index (κ3) is 3.21. The smallest absolute Gasteiger partial charge is 0.239 e. The molecule has 0 aromatic carbocycles. The predicted molar refractivity (Wildman–Crippen MR) is 69.9 cm³/mol. The Morgan fingerprint density at radius 1 is 1.12 bits per heavy atom. The van der Waals surface area contributed by atoms with E-state index < -0.39 is 0 Å². The summed E-state index contributed by atoms with van der Waals surface area (Å²) >= 11 is 0. The normalized spacial score (nSPS) is 27.3. The van der Waals surface area contributed by atoms with Crippen LogP contribution in [0.3, 0.4) is 0 Å². The zero-order valence-corrected chi connectivity index (χ0v) is 11.3. The number of hydrogen-bond acceptors (Lipinski definition) is 2. The van der Waals surface area contributed by atoms with Crippen molar-refractivity contribution in [1.82, 2.24) is 9.80 Å². The zero-order chi connectivity index (χ0) is 12.3. The van der Waals surface area contributed by atoms with Gasteiger partial charge in [-0.1, -0.05) is 19.3 Å². The first-order valence-electron chi connectivity index (χ1n) is 7.13. The van der Waals surface area contributed by atoms with Crippen molar-refractivity contribution in [3.05, 3.63) is 0 Å². The summed E-state index contributed by atoms with van der Waals surface area (Å²) in [6.45, 7) is 2.28. The summed E-state index contributed by atoms with van der Waals surface area (Å²) in [6.07, 6.45) is 9.20. The van der Waals surface area contributed by atoms with E-state index in [1.807, 2.05) is 14.1 Å². The SMILES string of the molecule is CN(C)C(=O)C1CCCN1CC1CCCCC1. The second-order valence-electron chi connectivity index (χ2n) is 5.89. The van der Waals surface area contributed by atoms with Crippen LogP contribution in [0.15, 0.2) is 0 Å². The van der Waals surface area contributed by atoms with Gasteiger partial charge in [-0.2, -0.15) is 0 Å². The first-order chi connectivity index (χ1) is 8.18. The molecular formula is C14H26N2O. The summed E-state index contributed by atoms with van der Waals surface area (Å²) in [5, 5.41) is 0. The molecule has 1 atom stereocenters. The highest BCUT2D eigenvalue weighted by atomic mass is 16.2. The van der Waals surface area contributed by atoms with Crippen molar-refractivity contribution in [2.75, 3.05) is 27.2 Å². The second-order valence-corrected chi connectivity index (χ2v) is 5.89. The first kappa shape index (κ1) is 12.9. The molecule has 1 amide bonds. The molecule has 3 nitrogen and oxygen atoms in total. The fraction of sp³-hybridized carbons (Fsp3) is 0.929. The average Bonchev–Trinajstić information content (AvgIpc) is 2.77. The van der Waals surface area contributed by atoms with E-state index in [0.717, 1.165) is 25.4 Å². The van der Waals surface area contributed by atoms with Gasteiger partial charge in [-0.3, -0.25) is 9.69 Å². The van der Waals surface area contributed by atoms with E-state index in [2.05, 4.69) is 4.90 Å². The highest BCUT2D eigenvalue weighted by Gasteiger charge is 2.32. The van der Waals surface area contributed by atoms with Crippen LogP contribution in [0.1, 0.15) is 44.9 Å². The fourth-order valence-corrected chi connectivity index (χ4v) is 3.32. The molecule has 98 valence electrons. The standard InChI is InChI=1S/C14H26N2O/c1-15(2)14(17)13-9-6-10-16(13)11-12-7-4-3-5-8-12/h12-13H,3-11H2,1-2H3. The van der Waals surface area contributed by atoms with Crippen molar-refractivity contribution >= 4 is 5.91 Å². The second kappa shape index (κ2) is 5.85. The minimum absolute atomic E-state index is 0.173. The van der Waals surface area contributed by atoms with Crippen LogP contribution in [0.2, 0.25) is 0 Å². The molecule has 3 heteroatoms. The molecule has 0 aromatic heterocycles. The molecule has 2 fully saturated rings. The van der Waals surface area contributed by atoms with E-state index in [-0.39, 0.29) is 6.04 Å². The molecular weight excluding hydrogens is 212 g/mol. The molecule has 0 bridgehead atoms. The highest BCUT2D eigenvalue weighted by molar-refractivity contribution is 5.81. The summed E-state index contributed by atoms with van der Waals surface area (Å²) in [4.78, 5) is 16.3. The van der Waals surface area contributed by atoms with Gasteiger partial charge in [-0.15, -0.1) is 0 Å². The Morgan fingerprint density at radius 2 is 1.82 bits per heavy atom. The number of hydrogen-bond donors (Lipinski definition) is 0. The maximum Gasteiger partial charge on any atom is 0.239 e. The largest absolute Gasteiger partial charge is 0.347 e. The molecule has 2 rings (SSSR count). The summed E-state index contributed by atoms with van der Waals surface area (Å²) in [5.41, 5.74) is 0. The Balaban J connectivity index is 1.88. The summed E-state index contributed by atoms with van der Waals surface area (Å²) < 4.78 is 0. The van der Waals surface area contributed by atoms with Crippen LogP contribution >= 0.6 is 0 Å². The molecule has 1 saturated carbocycles. The lowest BCUT2D eigenvalue weighted by atomic mass is 9.89. The van der Waals surface area contributed by atoms with Gasteiger partial charge < -0.3 is 4.90 Å². The van der Waals surface area contributed by atoms with Crippen molar-refractivity contribution in [1.29, 1.82) is 0 Å². The summed E-state index contributed by atoms with van der Waals surface area (Å²) in [7, 11) is 3.75. The average molecular weight is 238 g/mol. The van der Waals surface area contributed by atoms with Crippen LogP contribution in [0.25, 0.3) is 0 Å². The topological polar surface area (TPSA) is 23.6 Å². The van der Waals surface area contributed by atoms with E-state index in [9.17, 15) is 4.79 Å². The number of nitrogens with zero attached hydrogens (tertiary/aromatic N) is 2. The monoisotopic (exact) mass is 238 g/mol. The molecule has 1 aliphatic carbocycles. The Hall–Kier alpha value is -0.570. The molecule has 1 unspecified atom stereocenters. The van der Waals surface area contributed by atoms with E-state index in [1.54, 1.807) is 4.90 Å². The fourth-order valence-electron chi connectivity index (χ4n) is 3.32. The Kier molecular flexibility index (Phi) is 4.43. The maximum atomic E-state index is 12.1. The molecule has 1 aliphatic heterocycles. The van der Waals surface area contributed by atoms with E-state index in [4.69, 9.17) is 0 Å². The van der Waals surface area contributed by atoms with Gasteiger partial charge in [0.05, 0.1) is 6.04 Å². The minimum atomic E-state index is 0.173. The van der Waals surface area contributed by atoms with Gasteiger partial charge in [0.25, 0.3) is 0 Å². The number of rotatable bonds is 3. The highest BCUT2D eigenvalue weighted by Crippen LogP contribution is 2.27. The molecule has 17 heavy (non-hydrogen) atoms. The molecule has 2 aliphatic rings. The number of amides is 1. The summed E-state index contributed by atoms with van der Waals surface area (Å²) in [5.74, 6) is 1.15. The Labute approximate surface area is 105 Å². The predicted octanol–water partition coefficient (Wildman–Crippen LogP) is 2.12. The Morgan fingerprint density at radius 3 is 2.47 bits per heavy atom. The van der Waals surface area contributed by atoms with E-state index in [0.29, 0.717) is 5.91 Å². The van der Waals surface area contributed by atoms with Gasteiger partial charge in [0.1, 0.15) is 0 Å². The molecule has 1 saturated heterocycles. The number of likely N-dealkylation sites (tertiary alicyclic amines) is 1. The lowest BCUT2D eigenvalue weighted by Gasteiger charge is -2.31. The van der Waals surface area contributed by atoms with Gasteiger partial charge in [0.15, 0.2) is 0 Å². The van der Waals surface area contributed by atoms with Crippen LogP contribution in [-0.2, 0) is 4.79 Å². The lowest BCUT2D eigenvalue weighted by Crippen LogP contribution is -2.44. The van der Waals surface area contributed by atoms with Gasteiger partial charge >= 0.3 is 0 Å². The zero-order valence-electron chi connectivity index (χ0n) is 11.3. The van der Waals surface area contributed by atoms with Gasteiger partial charge in [0.2, 0.25) is 5.91 Å². The van der Waals surface area contributed by atoms with E-state index >= 15 is 0 Å². The third-order valence-corrected chi connectivity index (χ3v) is 4.31. The number of likely N-dealkylation sites (N-methyl/N-ethyl adjacent to an activating group) is 1. The van der Waals surface area contributed by atoms with Crippen LogP contribution < -0.4 is 0 Å². The minimum Gasteiger partial charge on any atom is -0.347 e. The molecule has 0 radical (unpaired) electrons. The molecule has 1 heterocycles. The van der Waals surface area contributed by atoms with Crippen molar-refractivity contribution in [2.45, 2.75) is 51.0 Å². The molecule has 0 aromatic rings. The quantitative estimate of drug-likeness (QED) is 0.752. The number of carbonyl (C=O) groups is 1. The van der Waals surface area contributed by atoms with Crippen molar-refractivity contribution < 1.29 is 4.79 Å². The van der Waals surface area contributed by atoms with Gasteiger partial charge in [0, 0.05) is 20.6 Å². The van der Waals surface area contributed by atoms with Crippen molar-refractivity contribution in [2.24, 2.45) is 5.92 Å². The third-order valence-electron chi connectivity index (χ3n) is 4.31. The lowest BCUT2D eigenvalue weighted by molar-refractivity contribution is -0.133. The van der Waals surface area contributed by atoms with Crippen molar-refractivity contribution in [3.63, 3.8) is 0 Å². The van der Waals surface area contributed by atoms with Crippen LogP contribution in [0.5, 0.6) is 0 Å². The van der Waals surface area contributed by atoms with Gasteiger partial charge in [-0.05, 0) is 38.1 Å². The van der Waals surface area contributed by atoms with Crippen molar-refractivity contribution in [3.8, 4) is 0 Å². The summed E-state index contributed by atoms with van der Waals surface area (Å²) in [6, 6.07) is 0.173. The molecule has 0 spiro atoms. The van der Waals surface area contributed by atoms with Gasteiger partial charge in [-0.25, -0.2) is 0 Å². The number of carbonyl (C=O) groups excluding carboxylic acids is 1. The Bertz CT molecular complexity index is 259.